The van der Waals surface area contributed by atoms with E-state index in [9.17, 15) is 4.79 Å². The maximum absolute atomic E-state index is 12.8. The van der Waals surface area contributed by atoms with Gasteiger partial charge in [-0.3, -0.25) is 14.3 Å². The van der Waals surface area contributed by atoms with Crippen LogP contribution in [-0.2, 0) is 4.79 Å². The van der Waals surface area contributed by atoms with Gasteiger partial charge in [0.15, 0.2) is 11.0 Å². The summed E-state index contributed by atoms with van der Waals surface area (Å²) in [6, 6.07) is 16.3. The van der Waals surface area contributed by atoms with E-state index in [-0.39, 0.29) is 17.7 Å². The van der Waals surface area contributed by atoms with Gasteiger partial charge in [0.05, 0.1) is 17.5 Å². The fraction of sp³-hybridized carbons (Fsp3) is 0.259. The van der Waals surface area contributed by atoms with Crippen molar-refractivity contribution in [2.24, 2.45) is 0 Å². The molecule has 2 aromatic carbocycles. The van der Waals surface area contributed by atoms with Gasteiger partial charge < -0.3 is 5.32 Å². The van der Waals surface area contributed by atoms with E-state index >= 15 is 0 Å². The number of hydrogen-bond donors (Lipinski definition) is 1. The molecule has 1 unspecified atom stereocenters. The van der Waals surface area contributed by atoms with Crippen LogP contribution in [0.2, 0.25) is 0 Å². The number of pyridine rings is 1. The fourth-order valence-corrected chi connectivity index (χ4v) is 4.44. The van der Waals surface area contributed by atoms with E-state index in [4.69, 9.17) is 0 Å². The Hall–Kier alpha value is -3.45. The van der Waals surface area contributed by atoms with Gasteiger partial charge in [0.25, 0.3) is 0 Å². The highest BCUT2D eigenvalue weighted by atomic mass is 32.2. The number of thioether (sulfide) groups is 1. The molecule has 0 saturated carbocycles. The van der Waals surface area contributed by atoms with E-state index in [1.165, 1.54) is 34.0 Å². The van der Waals surface area contributed by atoms with Gasteiger partial charge in [-0.05, 0) is 86.7 Å². The van der Waals surface area contributed by atoms with Crippen LogP contribution in [-0.4, -0.2) is 31.4 Å². The van der Waals surface area contributed by atoms with Crippen molar-refractivity contribution >= 4 is 17.7 Å². The number of carbonyl (C=O) groups is 1. The Labute approximate surface area is 204 Å². The van der Waals surface area contributed by atoms with E-state index in [1.807, 2.05) is 23.6 Å². The lowest BCUT2D eigenvalue weighted by Crippen LogP contribution is -2.28. The molecule has 0 spiro atoms. The van der Waals surface area contributed by atoms with Crippen LogP contribution >= 0.6 is 11.8 Å². The molecular formula is C27H29N5OS. The van der Waals surface area contributed by atoms with Crippen LogP contribution in [0, 0.1) is 27.7 Å². The van der Waals surface area contributed by atoms with E-state index in [1.54, 1.807) is 12.4 Å². The molecule has 0 aliphatic rings. The van der Waals surface area contributed by atoms with Crippen LogP contribution < -0.4 is 5.32 Å². The molecule has 2 aromatic heterocycles. The lowest BCUT2D eigenvalue weighted by Gasteiger charge is -2.16. The van der Waals surface area contributed by atoms with Crippen LogP contribution in [0.4, 0.5) is 0 Å². The standard InChI is InChI=1S/C27H29N5OS/c1-17-6-8-23(14-19(17)3)21(5)29-25(33)16-34-27-31-30-26(22-10-12-28-13-11-22)32(27)24-9-7-18(2)20(4)15-24/h6-15,21H,16H2,1-5H3,(H,29,33). The van der Waals surface area contributed by atoms with E-state index in [2.05, 4.69) is 84.6 Å². The summed E-state index contributed by atoms with van der Waals surface area (Å²) < 4.78 is 2.01. The molecule has 4 rings (SSSR count). The molecule has 0 aliphatic carbocycles. The summed E-state index contributed by atoms with van der Waals surface area (Å²) in [6.07, 6.45) is 3.48. The highest BCUT2D eigenvalue weighted by molar-refractivity contribution is 7.99. The summed E-state index contributed by atoms with van der Waals surface area (Å²) in [5.74, 6) is 0.919. The Morgan fingerprint density at radius 1 is 0.912 bits per heavy atom. The Balaban J connectivity index is 1.55. The Kier molecular flexibility index (Phi) is 7.12. The molecule has 0 aliphatic heterocycles. The minimum Gasteiger partial charge on any atom is -0.349 e. The maximum atomic E-state index is 12.8. The number of hydrogen-bond acceptors (Lipinski definition) is 5. The van der Waals surface area contributed by atoms with E-state index in [0.29, 0.717) is 5.16 Å². The second-order valence-electron chi connectivity index (χ2n) is 8.57. The third-order valence-electron chi connectivity index (χ3n) is 6.06. The molecule has 6 nitrogen and oxygen atoms in total. The monoisotopic (exact) mass is 471 g/mol. The smallest absolute Gasteiger partial charge is 0.230 e. The third-order valence-corrected chi connectivity index (χ3v) is 6.99. The van der Waals surface area contributed by atoms with E-state index < -0.39 is 0 Å². The summed E-state index contributed by atoms with van der Waals surface area (Å²) in [6.45, 7) is 10.4. The van der Waals surface area contributed by atoms with Crippen molar-refractivity contribution in [1.82, 2.24) is 25.1 Å². The number of nitrogens with one attached hydrogen (secondary N) is 1. The molecule has 1 atom stereocenters. The van der Waals surface area contributed by atoms with Gasteiger partial charge in [0, 0.05) is 18.0 Å². The molecule has 0 saturated heterocycles. The lowest BCUT2D eigenvalue weighted by molar-refractivity contribution is -0.119. The molecule has 2 heterocycles. The molecule has 0 radical (unpaired) electrons. The van der Waals surface area contributed by atoms with Crippen molar-refractivity contribution in [2.75, 3.05) is 5.75 Å². The summed E-state index contributed by atoms with van der Waals surface area (Å²) in [5.41, 5.74) is 7.84. The SMILES string of the molecule is Cc1ccc(C(C)NC(=O)CSc2nnc(-c3ccncc3)n2-c2ccc(C)c(C)c2)cc1C. The number of nitrogens with zero attached hydrogens (tertiary/aromatic N) is 4. The second-order valence-corrected chi connectivity index (χ2v) is 9.51. The second kappa shape index (κ2) is 10.2. The highest BCUT2D eigenvalue weighted by Gasteiger charge is 2.18. The topological polar surface area (TPSA) is 72.7 Å². The first-order valence-corrected chi connectivity index (χ1v) is 12.2. The van der Waals surface area contributed by atoms with Gasteiger partial charge in [0.2, 0.25) is 5.91 Å². The molecule has 7 heteroatoms. The summed E-state index contributed by atoms with van der Waals surface area (Å²) in [5, 5.41) is 12.7. The largest absolute Gasteiger partial charge is 0.349 e. The fourth-order valence-electron chi connectivity index (χ4n) is 3.68. The number of rotatable bonds is 7. The van der Waals surface area contributed by atoms with Gasteiger partial charge in [-0.1, -0.05) is 36.0 Å². The number of aryl methyl sites for hydroxylation is 4. The number of aromatic nitrogens is 4. The van der Waals surface area contributed by atoms with Gasteiger partial charge in [-0.15, -0.1) is 10.2 Å². The van der Waals surface area contributed by atoms with Crippen molar-refractivity contribution in [3.63, 3.8) is 0 Å². The molecule has 1 N–H and O–H groups in total. The minimum absolute atomic E-state index is 0.0455. The summed E-state index contributed by atoms with van der Waals surface area (Å²) in [4.78, 5) is 16.9. The van der Waals surface area contributed by atoms with Crippen molar-refractivity contribution in [3.05, 3.63) is 88.7 Å². The van der Waals surface area contributed by atoms with Crippen LogP contribution in [0.15, 0.2) is 66.1 Å². The molecule has 4 aromatic rings. The van der Waals surface area contributed by atoms with E-state index in [0.717, 1.165) is 22.6 Å². The van der Waals surface area contributed by atoms with Crippen LogP contribution in [0.3, 0.4) is 0 Å². The van der Waals surface area contributed by atoms with Crippen LogP contribution in [0.1, 0.15) is 40.8 Å². The Bertz CT molecular complexity index is 1320. The lowest BCUT2D eigenvalue weighted by atomic mass is 10.0. The third kappa shape index (κ3) is 5.20. The predicted octanol–water partition coefficient (Wildman–Crippen LogP) is 5.53. The first-order chi connectivity index (χ1) is 16.3. The molecule has 34 heavy (non-hydrogen) atoms. The highest BCUT2D eigenvalue weighted by Crippen LogP contribution is 2.29. The summed E-state index contributed by atoms with van der Waals surface area (Å²) >= 11 is 1.38. The van der Waals surface area contributed by atoms with Crippen molar-refractivity contribution in [3.8, 4) is 17.1 Å². The zero-order valence-corrected chi connectivity index (χ0v) is 21.0. The van der Waals surface area contributed by atoms with Crippen LogP contribution in [0.25, 0.3) is 17.1 Å². The molecule has 0 fully saturated rings. The average Bonchev–Trinajstić information content (AvgIpc) is 3.26. The first-order valence-electron chi connectivity index (χ1n) is 11.3. The molecular weight excluding hydrogens is 442 g/mol. The van der Waals surface area contributed by atoms with Crippen molar-refractivity contribution < 1.29 is 4.79 Å². The molecule has 0 bridgehead atoms. The molecule has 174 valence electrons. The van der Waals surface area contributed by atoms with Gasteiger partial charge in [-0.2, -0.15) is 0 Å². The Morgan fingerprint density at radius 3 is 2.26 bits per heavy atom. The van der Waals surface area contributed by atoms with Crippen molar-refractivity contribution in [2.45, 2.75) is 45.8 Å². The molecule has 1 amide bonds. The normalized spacial score (nSPS) is 11.9. The van der Waals surface area contributed by atoms with Gasteiger partial charge in [0.1, 0.15) is 0 Å². The van der Waals surface area contributed by atoms with Crippen LogP contribution in [0.5, 0.6) is 0 Å². The average molecular weight is 472 g/mol. The quantitative estimate of drug-likeness (QED) is 0.359. The van der Waals surface area contributed by atoms with Gasteiger partial charge >= 0.3 is 0 Å². The zero-order valence-electron chi connectivity index (χ0n) is 20.2. The number of carbonyl (C=O) groups excluding carboxylic acids is 1. The number of benzene rings is 2. The van der Waals surface area contributed by atoms with Gasteiger partial charge in [-0.25, -0.2) is 0 Å². The minimum atomic E-state index is -0.0719. The Morgan fingerprint density at radius 2 is 1.59 bits per heavy atom. The number of amides is 1. The summed E-state index contributed by atoms with van der Waals surface area (Å²) in [7, 11) is 0. The zero-order chi connectivity index (χ0) is 24.2. The predicted molar refractivity (Wildman–Crippen MR) is 137 cm³/mol. The van der Waals surface area contributed by atoms with Crippen molar-refractivity contribution in [1.29, 1.82) is 0 Å². The first kappa shape index (κ1) is 23.7. The maximum Gasteiger partial charge on any atom is 0.230 e.